The fraction of sp³-hybridized carbons (Fsp3) is 0.556. The Morgan fingerprint density at radius 3 is 2.50 bits per heavy atom. The average Bonchev–Trinajstić information content (AvgIpc) is 2.59. The first-order chi connectivity index (χ1) is 7.55. The Kier molecular flexibility index (Phi) is 7.84. The second kappa shape index (κ2) is 7.71. The topological polar surface area (TPSA) is 37.4 Å². The first-order valence-corrected chi connectivity index (χ1v) is 21.6. The number of rotatable bonds is 6. The Hall–Kier alpha value is 2.20. The Labute approximate surface area is 142 Å². The molecule has 1 atom stereocenters. The number of amides is 2. The first-order valence-electron chi connectivity index (χ1n) is 5.29. The molecule has 0 spiro atoms. The molecular weight excluding hydrogens is 581 g/mol. The van der Waals surface area contributed by atoms with Crippen LogP contribution in [-0.2, 0) is 54.8 Å². The van der Waals surface area contributed by atoms with E-state index in [0.717, 1.165) is 39.7 Å². The third kappa shape index (κ3) is 4.11. The number of hydrogen-bond acceptors (Lipinski definition) is 2. The quantitative estimate of drug-likeness (QED) is 0.253. The van der Waals surface area contributed by atoms with Crippen LogP contribution in [0.2, 0.25) is 3.23 Å². The summed E-state index contributed by atoms with van der Waals surface area (Å²) < 4.78 is 2.43. The fourth-order valence-corrected chi connectivity index (χ4v) is 7.72. The Morgan fingerprint density at radius 2 is 2.06 bits per heavy atom. The van der Waals surface area contributed by atoms with Crippen LogP contribution in [0.15, 0.2) is 12.2 Å². The molecule has 0 N–H and O–H groups in total. The van der Waals surface area contributed by atoms with E-state index in [9.17, 15) is 9.59 Å². The molecule has 0 fully saturated rings. The molecule has 1 rings (SSSR count). The van der Waals surface area contributed by atoms with E-state index in [-0.39, 0.29) is 39.0 Å². The van der Waals surface area contributed by atoms with E-state index in [1.165, 1.54) is 50.2 Å². The molecule has 0 aromatic rings. The van der Waals surface area contributed by atoms with Gasteiger partial charge in [-0.05, 0) is 0 Å². The number of hydrogen-bond donors (Lipinski definition) is 0. The fourth-order valence-electron chi connectivity index (χ4n) is 1.81. The van der Waals surface area contributed by atoms with E-state index in [1.807, 2.05) is 0 Å². The predicted molar refractivity (Wildman–Crippen MR) is 50.6 cm³/mol. The van der Waals surface area contributed by atoms with E-state index in [0.29, 0.717) is 0 Å². The van der Waals surface area contributed by atoms with E-state index in [1.54, 1.807) is 0 Å². The molecule has 1 aliphatic rings. The summed E-state index contributed by atoms with van der Waals surface area (Å²) in [4.78, 5) is 24.8. The van der Waals surface area contributed by atoms with Crippen LogP contribution in [0.25, 0.3) is 0 Å². The Morgan fingerprint density at radius 1 is 1.50 bits per heavy atom. The second-order valence-corrected chi connectivity index (χ2v) is 15.1. The molecule has 0 aromatic carbocycles. The molecule has 1 aliphatic heterocycles. The summed E-state index contributed by atoms with van der Waals surface area (Å²) in [5, 5.41) is 0. The molecule has 16 heavy (non-hydrogen) atoms. The van der Waals surface area contributed by atoms with Crippen molar-refractivity contribution in [2.24, 2.45) is 0 Å². The molecule has 78 valence electrons. The summed E-state index contributed by atoms with van der Waals surface area (Å²) in [6.45, 7) is 2.08. The van der Waals surface area contributed by atoms with Gasteiger partial charge in [0.25, 0.3) is 0 Å². The van der Waals surface area contributed by atoms with Gasteiger partial charge >= 0.3 is 145 Å². The SMILES string of the molecule is CC([BH][U])(CC[CH2][Y][Y])N1C(=O)C=CC1=O. The van der Waals surface area contributed by atoms with Gasteiger partial charge in [-0.25, -0.2) is 0 Å². The van der Waals surface area contributed by atoms with Gasteiger partial charge in [-0.15, -0.1) is 0 Å². The van der Waals surface area contributed by atoms with Gasteiger partial charge in [0.1, 0.15) is 0 Å². The van der Waals surface area contributed by atoms with Crippen LogP contribution < -0.4 is 0 Å². The number of carbonyl (C=O) groups is 2. The average molecular weight is 593 g/mol. The summed E-state index contributed by atoms with van der Waals surface area (Å²) >= 11 is 2.14. The molecule has 0 saturated heterocycles. The van der Waals surface area contributed by atoms with Crippen molar-refractivity contribution in [1.82, 2.24) is 4.90 Å². The molecule has 0 saturated carbocycles. The second-order valence-electron chi connectivity index (χ2n) is 4.15. The van der Waals surface area contributed by atoms with Crippen LogP contribution in [0.1, 0.15) is 19.8 Å². The van der Waals surface area contributed by atoms with Crippen LogP contribution in [0, 0.1) is 29.2 Å². The number of carbonyl (C=O) groups excluding carboxylic acids is 2. The maximum atomic E-state index is 11.7. The first kappa shape index (κ1) is 16.3. The van der Waals surface area contributed by atoms with Gasteiger partial charge in [-0.3, -0.25) is 0 Å². The van der Waals surface area contributed by atoms with Crippen LogP contribution >= 0.6 is 0 Å². The van der Waals surface area contributed by atoms with Crippen LogP contribution in [0.5, 0.6) is 0 Å². The normalized spacial score (nSPS) is 18.5. The van der Waals surface area contributed by atoms with Crippen LogP contribution in [0.3, 0.4) is 0 Å². The molecule has 0 aliphatic carbocycles. The third-order valence-electron chi connectivity index (χ3n) is 2.82. The summed E-state index contributed by atoms with van der Waals surface area (Å²) in [7, 11) is 0. The van der Waals surface area contributed by atoms with Crippen molar-refractivity contribution in [1.29, 1.82) is 0 Å². The summed E-state index contributed by atoms with van der Waals surface area (Å²) in [5.41, 5.74) is -0.193. The summed E-state index contributed by atoms with van der Waals surface area (Å²) in [6, 6.07) is 0. The molecular formula is C9H12BNO2UY2. The van der Waals surface area contributed by atoms with Crippen molar-refractivity contribution < 1.29 is 84.0 Å². The predicted octanol–water partition coefficient (Wildman–Crippen LogP) is 0.271. The molecule has 0 bridgehead atoms. The van der Waals surface area contributed by atoms with Gasteiger partial charge in [0, 0.05) is 0 Å². The molecule has 0 aromatic heterocycles. The standard InChI is InChI=1S/C9H12BNO2.U.2Y/c1-3-6-9(2,10)11-7(12)4-5-8(11)13;;;/h4-5,10H,1,3,6H2,2H3;;;/q+1;-1;;. The van der Waals surface area contributed by atoms with E-state index in [2.05, 4.69) is 6.92 Å². The van der Waals surface area contributed by atoms with Crippen molar-refractivity contribution in [3.8, 4) is 0 Å². The summed E-state index contributed by atoms with van der Waals surface area (Å²) in [5.74, 6) is -0.221. The van der Waals surface area contributed by atoms with Gasteiger partial charge < -0.3 is 0 Å². The van der Waals surface area contributed by atoms with Crippen molar-refractivity contribution in [3.63, 3.8) is 0 Å². The van der Waals surface area contributed by atoms with Crippen LogP contribution in [0.4, 0.5) is 0 Å². The zero-order valence-electron chi connectivity index (χ0n) is 9.40. The maximum absolute atomic E-state index is 11.7. The molecule has 1 heterocycles. The van der Waals surface area contributed by atoms with E-state index in [4.69, 9.17) is 0 Å². The Balaban J connectivity index is 2.71. The third-order valence-corrected chi connectivity index (χ3v) is 12.7. The van der Waals surface area contributed by atoms with Crippen molar-refractivity contribution in [2.75, 3.05) is 0 Å². The summed E-state index contributed by atoms with van der Waals surface area (Å²) in [6.07, 6.45) is 5.04. The molecule has 3 nitrogen and oxygen atoms in total. The molecule has 0 radical (unpaired) electrons. The van der Waals surface area contributed by atoms with E-state index >= 15 is 0 Å². The van der Waals surface area contributed by atoms with Gasteiger partial charge in [0.05, 0.1) is 0 Å². The minimum atomic E-state index is -0.193. The number of nitrogens with zero attached hydrogens (tertiary/aromatic N) is 1. The van der Waals surface area contributed by atoms with E-state index < -0.39 is 0 Å². The zero-order valence-corrected chi connectivity index (χ0v) is 19.2. The van der Waals surface area contributed by atoms with Crippen molar-refractivity contribution >= 4 is 15.9 Å². The monoisotopic (exact) mass is 593 g/mol. The molecule has 7 heteroatoms. The van der Waals surface area contributed by atoms with Crippen molar-refractivity contribution in [2.45, 2.75) is 28.4 Å². The van der Waals surface area contributed by atoms with Gasteiger partial charge in [0.15, 0.2) is 0 Å². The van der Waals surface area contributed by atoms with Crippen LogP contribution in [-0.4, -0.2) is 26.2 Å². The Bertz CT molecular complexity index is 309. The minimum absolute atomic E-state index is 0.111. The molecule has 2 amide bonds. The van der Waals surface area contributed by atoms with Gasteiger partial charge in [-0.1, -0.05) is 0 Å². The number of imide groups is 1. The van der Waals surface area contributed by atoms with Gasteiger partial charge in [0.2, 0.25) is 0 Å². The van der Waals surface area contributed by atoms with Gasteiger partial charge in [-0.2, -0.15) is 0 Å². The zero-order chi connectivity index (χ0) is 12.2. The molecule has 1 unspecified atom stereocenters. The van der Waals surface area contributed by atoms with Crippen molar-refractivity contribution in [3.05, 3.63) is 12.2 Å².